The van der Waals surface area contributed by atoms with Crippen LogP contribution in [0, 0.1) is 6.92 Å². The SMILES string of the molecule is Cc1csc(C(=O)O)c1NC(=O)/C=C/c1ccccc1Cl. The zero-order chi connectivity index (χ0) is 15.4. The number of carbonyl (C=O) groups is 2. The van der Waals surface area contributed by atoms with E-state index >= 15 is 0 Å². The van der Waals surface area contributed by atoms with Crippen LogP contribution < -0.4 is 5.32 Å². The number of aryl methyl sites for hydroxylation is 1. The van der Waals surface area contributed by atoms with Crippen LogP contribution in [-0.4, -0.2) is 17.0 Å². The molecular formula is C15H12ClNO3S. The van der Waals surface area contributed by atoms with Crippen LogP contribution in [0.2, 0.25) is 5.02 Å². The van der Waals surface area contributed by atoms with Gasteiger partial charge in [0.05, 0.1) is 5.69 Å². The lowest BCUT2D eigenvalue weighted by Crippen LogP contribution is -2.11. The summed E-state index contributed by atoms with van der Waals surface area (Å²) < 4.78 is 0. The Morgan fingerprint density at radius 2 is 2.05 bits per heavy atom. The summed E-state index contributed by atoms with van der Waals surface area (Å²) in [5, 5.41) is 13.9. The fraction of sp³-hybridized carbons (Fsp3) is 0.0667. The molecule has 0 spiro atoms. The van der Waals surface area contributed by atoms with Gasteiger partial charge in [-0.2, -0.15) is 0 Å². The number of carboxylic acid groups (broad SMARTS) is 1. The predicted molar refractivity (Wildman–Crippen MR) is 85.1 cm³/mol. The van der Waals surface area contributed by atoms with Crippen molar-refractivity contribution in [1.29, 1.82) is 0 Å². The summed E-state index contributed by atoms with van der Waals surface area (Å²) in [6, 6.07) is 7.12. The molecule has 108 valence electrons. The first-order chi connectivity index (χ1) is 9.99. The first-order valence-electron chi connectivity index (χ1n) is 6.04. The Bertz CT molecular complexity index is 721. The normalized spacial score (nSPS) is 10.8. The first-order valence-corrected chi connectivity index (χ1v) is 7.29. The molecule has 0 aliphatic rings. The summed E-state index contributed by atoms with van der Waals surface area (Å²) in [7, 11) is 0. The maximum Gasteiger partial charge on any atom is 0.348 e. The lowest BCUT2D eigenvalue weighted by atomic mass is 10.2. The number of hydrogen-bond acceptors (Lipinski definition) is 3. The van der Waals surface area contributed by atoms with Crippen LogP contribution >= 0.6 is 22.9 Å². The molecule has 1 aromatic heterocycles. The van der Waals surface area contributed by atoms with Gasteiger partial charge < -0.3 is 10.4 Å². The Kier molecular flexibility index (Phi) is 4.77. The number of anilines is 1. The summed E-state index contributed by atoms with van der Waals surface area (Å²) in [6.07, 6.45) is 2.91. The molecule has 6 heteroatoms. The molecule has 1 amide bonds. The van der Waals surface area contributed by atoms with Gasteiger partial charge in [-0.05, 0) is 35.6 Å². The molecule has 1 aromatic carbocycles. The molecule has 0 atom stereocenters. The van der Waals surface area contributed by atoms with E-state index in [0.29, 0.717) is 10.7 Å². The molecule has 4 nitrogen and oxygen atoms in total. The fourth-order valence-electron chi connectivity index (χ4n) is 1.70. The van der Waals surface area contributed by atoms with Crippen LogP contribution in [0.1, 0.15) is 20.8 Å². The van der Waals surface area contributed by atoms with Gasteiger partial charge in [0.15, 0.2) is 0 Å². The van der Waals surface area contributed by atoms with E-state index in [4.69, 9.17) is 16.7 Å². The topological polar surface area (TPSA) is 66.4 Å². The van der Waals surface area contributed by atoms with E-state index < -0.39 is 11.9 Å². The van der Waals surface area contributed by atoms with Crippen molar-refractivity contribution in [1.82, 2.24) is 0 Å². The second-order valence-electron chi connectivity index (χ2n) is 4.27. The van der Waals surface area contributed by atoms with Crippen molar-refractivity contribution in [3.63, 3.8) is 0 Å². The third-order valence-electron chi connectivity index (χ3n) is 2.74. The van der Waals surface area contributed by atoms with Crippen LogP contribution in [0.3, 0.4) is 0 Å². The lowest BCUT2D eigenvalue weighted by Gasteiger charge is -2.03. The molecule has 0 unspecified atom stereocenters. The summed E-state index contributed by atoms with van der Waals surface area (Å²) >= 11 is 7.07. The van der Waals surface area contributed by atoms with Crippen LogP contribution in [-0.2, 0) is 4.79 Å². The van der Waals surface area contributed by atoms with Gasteiger partial charge in [-0.25, -0.2) is 4.79 Å². The summed E-state index contributed by atoms with van der Waals surface area (Å²) in [4.78, 5) is 23.1. The van der Waals surface area contributed by atoms with Crippen molar-refractivity contribution in [3.8, 4) is 0 Å². The molecule has 2 N–H and O–H groups in total. The quantitative estimate of drug-likeness (QED) is 0.834. The number of halogens is 1. The predicted octanol–water partition coefficient (Wildman–Crippen LogP) is 4.06. The minimum absolute atomic E-state index is 0.118. The molecule has 0 aliphatic carbocycles. The standard InChI is InChI=1S/C15H12ClNO3S/c1-9-8-21-14(15(19)20)13(9)17-12(18)7-6-10-4-2-3-5-11(10)16/h2-8H,1H3,(H,17,18)(H,19,20)/b7-6+. The minimum atomic E-state index is -1.06. The van der Waals surface area contributed by atoms with Gasteiger partial charge in [-0.3, -0.25) is 4.79 Å². The third-order valence-corrected chi connectivity index (χ3v) is 4.17. The highest BCUT2D eigenvalue weighted by Gasteiger charge is 2.16. The van der Waals surface area contributed by atoms with Gasteiger partial charge >= 0.3 is 5.97 Å². The number of carboxylic acids is 1. The fourth-order valence-corrected chi connectivity index (χ4v) is 2.74. The molecular weight excluding hydrogens is 310 g/mol. The van der Waals surface area contributed by atoms with Gasteiger partial charge in [0, 0.05) is 11.1 Å². The average Bonchev–Trinajstić information content (AvgIpc) is 2.79. The molecule has 0 bridgehead atoms. The van der Waals surface area contributed by atoms with Gasteiger partial charge in [0.2, 0.25) is 5.91 Å². The summed E-state index contributed by atoms with van der Waals surface area (Å²) in [5.41, 5.74) is 1.77. The Labute approximate surface area is 130 Å². The maximum atomic E-state index is 11.9. The van der Waals surface area contributed by atoms with E-state index in [1.807, 2.05) is 6.07 Å². The number of nitrogens with one attached hydrogen (secondary N) is 1. The van der Waals surface area contributed by atoms with Gasteiger partial charge in [-0.1, -0.05) is 29.8 Å². The number of carbonyl (C=O) groups excluding carboxylic acids is 1. The zero-order valence-electron chi connectivity index (χ0n) is 11.1. The molecule has 21 heavy (non-hydrogen) atoms. The number of aromatic carboxylic acids is 1. The maximum absolute atomic E-state index is 11.9. The average molecular weight is 322 g/mol. The highest BCUT2D eigenvalue weighted by atomic mass is 35.5. The minimum Gasteiger partial charge on any atom is -0.477 e. The van der Waals surface area contributed by atoms with Crippen molar-refractivity contribution >= 4 is 46.6 Å². The number of benzene rings is 1. The Balaban J connectivity index is 2.14. The van der Waals surface area contributed by atoms with Gasteiger partial charge in [0.25, 0.3) is 0 Å². The molecule has 0 saturated heterocycles. The highest BCUT2D eigenvalue weighted by Crippen LogP contribution is 2.27. The van der Waals surface area contributed by atoms with Gasteiger partial charge in [-0.15, -0.1) is 11.3 Å². The van der Waals surface area contributed by atoms with Crippen molar-refractivity contribution in [2.24, 2.45) is 0 Å². The smallest absolute Gasteiger partial charge is 0.348 e. The van der Waals surface area contributed by atoms with Crippen molar-refractivity contribution in [2.75, 3.05) is 5.32 Å². The molecule has 1 heterocycles. The van der Waals surface area contributed by atoms with Crippen molar-refractivity contribution in [3.05, 3.63) is 56.7 Å². The van der Waals surface area contributed by atoms with E-state index in [1.54, 1.807) is 36.6 Å². The van der Waals surface area contributed by atoms with E-state index in [1.165, 1.54) is 6.08 Å². The summed E-state index contributed by atoms with van der Waals surface area (Å²) in [6.45, 7) is 1.75. The monoisotopic (exact) mass is 321 g/mol. The van der Waals surface area contributed by atoms with E-state index in [0.717, 1.165) is 22.5 Å². The number of thiophene rings is 1. The highest BCUT2D eigenvalue weighted by molar-refractivity contribution is 7.12. The molecule has 2 aromatic rings. The number of hydrogen-bond donors (Lipinski definition) is 2. The molecule has 0 fully saturated rings. The second-order valence-corrected chi connectivity index (χ2v) is 5.56. The second kappa shape index (κ2) is 6.56. The van der Waals surface area contributed by atoms with Crippen LogP contribution in [0.4, 0.5) is 5.69 Å². The molecule has 0 saturated carbocycles. The van der Waals surface area contributed by atoms with E-state index in [-0.39, 0.29) is 4.88 Å². The summed E-state index contributed by atoms with van der Waals surface area (Å²) in [5.74, 6) is -1.46. The molecule has 0 radical (unpaired) electrons. The molecule has 0 aliphatic heterocycles. The third kappa shape index (κ3) is 3.71. The largest absolute Gasteiger partial charge is 0.477 e. The van der Waals surface area contributed by atoms with E-state index in [2.05, 4.69) is 5.32 Å². The number of rotatable bonds is 4. The molecule has 2 rings (SSSR count). The van der Waals surface area contributed by atoms with Crippen LogP contribution in [0.5, 0.6) is 0 Å². The Morgan fingerprint density at radius 1 is 1.33 bits per heavy atom. The zero-order valence-corrected chi connectivity index (χ0v) is 12.7. The lowest BCUT2D eigenvalue weighted by molar-refractivity contribution is -0.111. The number of amides is 1. The van der Waals surface area contributed by atoms with Crippen molar-refractivity contribution < 1.29 is 14.7 Å². The Hall–Kier alpha value is -2.11. The van der Waals surface area contributed by atoms with E-state index in [9.17, 15) is 9.59 Å². The Morgan fingerprint density at radius 3 is 2.71 bits per heavy atom. The van der Waals surface area contributed by atoms with Crippen LogP contribution in [0.25, 0.3) is 6.08 Å². The van der Waals surface area contributed by atoms with Crippen molar-refractivity contribution in [2.45, 2.75) is 6.92 Å². The first kappa shape index (κ1) is 15.3. The van der Waals surface area contributed by atoms with Gasteiger partial charge in [0.1, 0.15) is 4.88 Å². The van der Waals surface area contributed by atoms with Crippen LogP contribution in [0.15, 0.2) is 35.7 Å².